The van der Waals surface area contributed by atoms with Crippen LogP contribution in [0.4, 0.5) is 0 Å². The number of pyridine rings is 1. The summed E-state index contributed by atoms with van der Waals surface area (Å²) in [7, 11) is 5.35. The molecule has 0 saturated carbocycles. The van der Waals surface area contributed by atoms with Crippen LogP contribution in [0.3, 0.4) is 0 Å². The van der Waals surface area contributed by atoms with Crippen LogP contribution < -0.4 is 10.2 Å². The van der Waals surface area contributed by atoms with E-state index in [9.17, 15) is 14.7 Å². The Kier molecular flexibility index (Phi) is 4.28. The number of fused-ring (bicyclic) bond motifs is 1. The van der Waals surface area contributed by atoms with Gasteiger partial charge in [-0.25, -0.2) is 4.79 Å². The zero-order chi connectivity index (χ0) is 15.6. The van der Waals surface area contributed by atoms with Gasteiger partial charge in [0.15, 0.2) is 5.43 Å². The molecule has 21 heavy (non-hydrogen) atoms. The molecule has 0 radical (unpaired) electrons. The molecule has 112 valence electrons. The van der Waals surface area contributed by atoms with Crippen LogP contribution in [0, 0.1) is 0 Å². The number of carboxylic acids is 1. The average Bonchev–Trinajstić information content (AvgIpc) is 2.45. The van der Waals surface area contributed by atoms with Gasteiger partial charge in [-0.2, -0.15) is 0 Å². The summed E-state index contributed by atoms with van der Waals surface area (Å²) in [6.45, 7) is 1.15. The van der Waals surface area contributed by atoms with Gasteiger partial charge in [-0.1, -0.05) is 0 Å². The number of hydrogen-bond acceptors (Lipinski definition) is 4. The molecule has 1 N–H and O–H groups in total. The largest absolute Gasteiger partial charge is 0.497 e. The summed E-state index contributed by atoms with van der Waals surface area (Å²) in [5.41, 5.74) is 0.282. The van der Waals surface area contributed by atoms with Crippen molar-refractivity contribution in [3.63, 3.8) is 0 Å². The minimum absolute atomic E-state index is 0.000447. The van der Waals surface area contributed by atoms with E-state index in [1.54, 1.807) is 22.8 Å². The van der Waals surface area contributed by atoms with Crippen molar-refractivity contribution in [1.29, 1.82) is 0 Å². The summed E-state index contributed by atoms with van der Waals surface area (Å²) in [4.78, 5) is 25.5. The Morgan fingerprint density at radius 2 is 2.05 bits per heavy atom. The zero-order valence-corrected chi connectivity index (χ0v) is 12.3. The summed E-state index contributed by atoms with van der Waals surface area (Å²) < 4.78 is 6.77. The van der Waals surface area contributed by atoms with Gasteiger partial charge < -0.3 is 19.3 Å². The molecule has 1 aromatic carbocycles. The predicted molar refractivity (Wildman–Crippen MR) is 80.3 cm³/mol. The van der Waals surface area contributed by atoms with Crippen molar-refractivity contribution < 1.29 is 14.6 Å². The van der Waals surface area contributed by atoms with Gasteiger partial charge in [-0.15, -0.1) is 0 Å². The quantitative estimate of drug-likeness (QED) is 0.898. The molecule has 0 saturated heterocycles. The maximum absolute atomic E-state index is 12.1. The van der Waals surface area contributed by atoms with Crippen molar-refractivity contribution in [2.75, 3.05) is 27.7 Å². The van der Waals surface area contributed by atoms with E-state index in [1.807, 2.05) is 19.0 Å². The number of rotatable bonds is 5. The highest BCUT2D eigenvalue weighted by Crippen LogP contribution is 2.19. The van der Waals surface area contributed by atoms with Gasteiger partial charge in [-0.3, -0.25) is 4.79 Å². The third-order valence-corrected chi connectivity index (χ3v) is 3.31. The lowest BCUT2D eigenvalue weighted by Crippen LogP contribution is -2.24. The molecule has 0 aliphatic rings. The maximum atomic E-state index is 12.1. The average molecular weight is 290 g/mol. The first-order chi connectivity index (χ1) is 9.93. The second-order valence-electron chi connectivity index (χ2n) is 5.04. The third-order valence-electron chi connectivity index (χ3n) is 3.31. The van der Waals surface area contributed by atoms with E-state index in [-0.39, 0.29) is 11.1 Å². The maximum Gasteiger partial charge on any atom is 0.352 e. The molecule has 0 unspecified atom stereocenters. The number of hydrogen-bond donors (Lipinski definition) is 1. The number of nitrogens with zero attached hydrogens (tertiary/aromatic N) is 2. The van der Waals surface area contributed by atoms with Gasteiger partial charge in [0.05, 0.1) is 12.6 Å². The molecule has 1 heterocycles. The van der Waals surface area contributed by atoms with Gasteiger partial charge in [0.2, 0.25) is 0 Å². The number of aromatic carboxylic acids is 1. The van der Waals surface area contributed by atoms with Crippen LogP contribution in [0.25, 0.3) is 10.9 Å². The third kappa shape index (κ3) is 3.05. The summed E-state index contributed by atoms with van der Waals surface area (Å²) in [5.74, 6) is -0.537. The minimum atomic E-state index is -1.11. The molecule has 2 aromatic rings. The van der Waals surface area contributed by atoms with E-state index < -0.39 is 5.97 Å². The fourth-order valence-corrected chi connectivity index (χ4v) is 2.20. The smallest absolute Gasteiger partial charge is 0.352 e. The van der Waals surface area contributed by atoms with Crippen molar-refractivity contribution >= 4 is 16.9 Å². The van der Waals surface area contributed by atoms with Gasteiger partial charge in [0.1, 0.15) is 11.4 Å². The molecule has 2 rings (SSSR count). The molecule has 0 fully saturated rings. The monoisotopic (exact) mass is 290 g/mol. The van der Waals surface area contributed by atoms with Crippen LogP contribution in [-0.4, -0.2) is 48.3 Å². The molecule has 0 bridgehead atoms. The first kappa shape index (κ1) is 15.1. The fourth-order valence-electron chi connectivity index (χ4n) is 2.20. The van der Waals surface area contributed by atoms with Crippen LogP contribution in [0.1, 0.15) is 10.5 Å². The van der Waals surface area contributed by atoms with Crippen LogP contribution in [0.5, 0.6) is 5.75 Å². The first-order valence-corrected chi connectivity index (χ1v) is 6.53. The summed E-state index contributed by atoms with van der Waals surface area (Å²) in [6, 6.07) is 6.24. The van der Waals surface area contributed by atoms with Gasteiger partial charge >= 0.3 is 5.97 Å². The molecule has 1 aromatic heterocycles. The van der Waals surface area contributed by atoms with Crippen LogP contribution in [0.15, 0.2) is 29.1 Å². The lowest BCUT2D eigenvalue weighted by Gasteiger charge is -2.17. The normalized spacial score (nSPS) is 11.0. The van der Waals surface area contributed by atoms with E-state index in [2.05, 4.69) is 0 Å². The SMILES string of the molecule is COc1ccc2c(c1)c(=O)cc(C(=O)O)n2CCN(C)C. The number of methoxy groups -OCH3 is 1. The van der Waals surface area contributed by atoms with E-state index in [0.717, 1.165) is 0 Å². The number of benzene rings is 1. The highest BCUT2D eigenvalue weighted by atomic mass is 16.5. The number of likely N-dealkylation sites (N-methyl/N-ethyl adjacent to an activating group) is 1. The Morgan fingerprint density at radius 1 is 1.33 bits per heavy atom. The predicted octanol–water partition coefficient (Wildman–Crippen LogP) is 1.27. The minimum Gasteiger partial charge on any atom is -0.497 e. The molecule has 0 atom stereocenters. The van der Waals surface area contributed by atoms with Crippen LogP contribution in [-0.2, 0) is 6.54 Å². The molecule has 6 heteroatoms. The van der Waals surface area contributed by atoms with E-state index in [0.29, 0.717) is 29.7 Å². The molecule has 6 nitrogen and oxygen atoms in total. The number of aromatic nitrogens is 1. The van der Waals surface area contributed by atoms with Crippen molar-refractivity contribution in [2.24, 2.45) is 0 Å². The van der Waals surface area contributed by atoms with Gasteiger partial charge in [-0.05, 0) is 32.3 Å². The number of carboxylic acid groups (broad SMARTS) is 1. The van der Waals surface area contributed by atoms with Gasteiger partial charge in [0, 0.05) is 24.5 Å². The molecular formula is C15H18N2O4. The molecule has 0 aliphatic carbocycles. The second-order valence-corrected chi connectivity index (χ2v) is 5.04. The van der Waals surface area contributed by atoms with Crippen molar-refractivity contribution in [3.05, 3.63) is 40.2 Å². The van der Waals surface area contributed by atoms with E-state index in [4.69, 9.17) is 4.74 Å². The molecule has 0 amide bonds. The topological polar surface area (TPSA) is 71.8 Å². The Balaban J connectivity index is 2.70. The molecular weight excluding hydrogens is 272 g/mol. The molecule has 0 aliphatic heterocycles. The standard InChI is InChI=1S/C15H18N2O4/c1-16(2)6-7-17-12-5-4-10(21-3)8-11(12)14(18)9-13(17)15(19)20/h4-5,8-9H,6-7H2,1-3H3,(H,19,20). The first-order valence-electron chi connectivity index (χ1n) is 6.53. The summed E-state index contributed by atoms with van der Waals surface area (Å²) in [5, 5.41) is 9.77. The number of ether oxygens (including phenoxy) is 1. The van der Waals surface area contributed by atoms with E-state index >= 15 is 0 Å². The van der Waals surface area contributed by atoms with E-state index in [1.165, 1.54) is 13.2 Å². The van der Waals surface area contributed by atoms with Crippen molar-refractivity contribution in [1.82, 2.24) is 9.47 Å². The number of carbonyl (C=O) groups is 1. The fraction of sp³-hybridized carbons (Fsp3) is 0.333. The van der Waals surface area contributed by atoms with Gasteiger partial charge in [0.25, 0.3) is 0 Å². The highest BCUT2D eigenvalue weighted by molar-refractivity contribution is 5.91. The second kappa shape index (κ2) is 5.97. The Hall–Kier alpha value is -2.34. The Morgan fingerprint density at radius 3 is 2.62 bits per heavy atom. The lowest BCUT2D eigenvalue weighted by atomic mass is 10.1. The van der Waals surface area contributed by atoms with Crippen molar-refractivity contribution in [2.45, 2.75) is 6.54 Å². The zero-order valence-electron chi connectivity index (χ0n) is 12.3. The van der Waals surface area contributed by atoms with Crippen LogP contribution in [0.2, 0.25) is 0 Å². The Bertz CT molecular complexity index is 734. The lowest BCUT2D eigenvalue weighted by molar-refractivity contribution is 0.0684. The van der Waals surface area contributed by atoms with Crippen molar-refractivity contribution in [3.8, 4) is 5.75 Å². The summed E-state index contributed by atoms with van der Waals surface area (Å²) >= 11 is 0. The Labute approximate surface area is 122 Å². The highest BCUT2D eigenvalue weighted by Gasteiger charge is 2.15. The van der Waals surface area contributed by atoms with Crippen LogP contribution >= 0.6 is 0 Å². The molecule has 0 spiro atoms. The summed E-state index contributed by atoms with van der Waals surface area (Å²) in [6.07, 6.45) is 0.